The van der Waals surface area contributed by atoms with E-state index < -0.39 is 23.0 Å². The smallest absolute Gasteiger partial charge is 0.327 e. The SMILES string of the molecule is CC(CN(C)c1cc(=O)[nH]c(=O)[nH]1)NC(=O)c1cc(F)cc2cc[nH]c12. The summed E-state index contributed by atoms with van der Waals surface area (Å²) >= 11 is 0. The van der Waals surface area contributed by atoms with Crippen LogP contribution in [-0.4, -0.2) is 40.5 Å². The third-order valence-corrected chi connectivity index (χ3v) is 3.95. The highest BCUT2D eigenvalue weighted by atomic mass is 19.1. The molecule has 8 nitrogen and oxygen atoms in total. The Morgan fingerprint density at radius 3 is 2.77 bits per heavy atom. The summed E-state index contributed by atoms with van der Waals surface area (Å²) in [6, 6.07) is 5.14. The van der Waals surface area contributed by atoms with Gasteiger partial charge in [0.1, 0.15) is 11.6 Å². The zero-order chi connectivity index (χ0) is 18.8. The van der Waals surface area contributed by atoms with Gasteiger partial charge >= 0.3 is 5.69 Å². The first kappa shape index (κ1) is 17.5. The van der Waals surface area contributed by atoms with Gasteiger partial charge in [-0.15, -0.1) is 0 Å². The van der Waals surface area contributed by atoms with Crippen molar-refractivity contribution in [1.29, 1.82) is 0 Å². The summed E-state index contributed by atoms with van der Waals surface area (Å²) < 4.78 is 13.7. The molecule has 0 aliphatic rings. The van der Waals surface area contributed by atoms with Crippen LogP contribution in [-0.2, 0) is 0 Å². The number of fused-ring (bicyclic) bond motifs is 1. The molecule has 0 radical (unpaired) electrons. The average Bonchev–Trinajstić information content (AvgIpc) is 3.00. The summed E-state index contributed by atoms with van der Waals surface area (Å²) in [5, 5.41) is 3.40. The summed E-state index contributed by atoms with van der Waals surface area (Å²) in [6.45, 7) is 2.10. The van der Waals surface area contributed by atoms with Crippen LogP contribution >= 0.6 is 0 Å². The fourth-order valence-electron chi connectivity index (χ4n) is 2.83. The minimum Gasteiger partial charge on any atom is -0.361 e. The molecule has 0 saturated carbocycles. The van der Waals surface area contributed by atoms with Crippen LogP contribution in [0.4, 0.5) is 10.2 Å². The molecule has 2 aromatic heterocycles. The highest BCUT2D eigenvalue weighted by Gasteiger charge is 2.16. The van der Waals surface area contributed by atoms with Crippen LogP contribution in [0.25, 0.3) is 10.9 Å². The molecule has 1 amide bonds. The van der Waals surface area contributed by atoms with E-state index in [0.29, 0.717) is 23.3 Å². The van der Waals surface area contributed by atoms with E-state index in [2.05, 4.69) is 20.3 Å². The van der Waals surface area contributed by atoms with Gasteiger partial charge in [-0.2, -0.15) is 0 Å². The first-order valence-electron chi connectivity index (χ1n) is 7.96. The molecule has 1 aromatic carbocycles. The highest BCUT2D eigenvalue weighted by Crippen LogP contribution is 2.19. The van der Waals surface area contributed by atoms with Crippen molar-refractivity contribution in [2.45, 2.75) is 13.0 Å². The lowest BCUT2D eigenvalue weighted by Gasteiger charge is -2.23. The van der Waals surface area contributed by atoms with Gasteiger partial charge in [0, 0.05) is 37.3 Å². The summed E-state index contributed by atoms with van der Waals surface area (Å²) in [7, 11) is 1.68. The Labute approximate surface area is 147 Å². The third-order valence-electron chi connectivity index (χ3n) is 3.95. The van der Waals surface area contributed by atoms with E-state index in [1.54, 1.807) is 31.1 Å². The van der Waals surface area contributed by atoms with E-state index in [1.807, 2.05) is 0 Å². The number of benzene rings is 1. The van der Waals surface area contributed by atoms with E-state index in [1.165, 1.54) is 18.2 Å². The van der Waals surface area contributed by atoms with Crippen LogP contribution in [0.5, 0.6) is 0 Å². The number of carbonyl (C=O) groups excluding carboxylic acids is 1. The number of rotatable bonds is 5. The number of nitrogens with zero attached hydrogens (tertiary/aromatic N) is 1. The number of aromatic amines is 3. The molecular formula is C17H18FN5O3. The molecule has 0 bridgehead atoms. The second-order valence-corrected chi connectivity index (χ2v) is 6.12. The van der Waals surface area contributed by atoms with E-state index in [9.17, 15) is 18.8 Å². The van der Waals surface area contributed by atoms with Crippen LogP contribution in [0, 0.1) is 5.82 Å². The molecule has 4 N–H and O–H groups in total. The maximum absolute atomic E-state index is 13.7. The number of hydrogen-bond acceptors (Lipinski definition) is 4. The average molecular weight is 359 g/mol. The second kappa shape index (κ2) is 6.87. The lowest BCUT2D eigenvalue weighted by molar-refractivity contribution is 0.0942. The predicted octanol–water partition coefficient (Wildman–Crippen LogP) is 0.938. The number of amides is 1. The molecule has 0 fully saturated rings. The molecule has 1 unspecified atom stereocenters. The number of carbonyl (C=O) groups is 1. The Balaban J connectivity index is 1.73. The molecule has 136 valence electrons. The van der Waals surface area contributed by atoms with Crippen molar-refractivity contribution < 1.29 is 9.18 Å². The minimum absolute atomic E-state index is 0.212. The van der Waals surface area contributed by atoms with Crippen molar-refractivity contribution in [1.82, 2.24) is 20.3 Å². The van der Waals surface area contributed by atoms with Crippen LogP contribution in [0.1, 0.15) is 17.3 Å². The molecule has 2 heterocycles. The van der Waals surface area contributed by atoms with E-state index in [4.69, 9.17) is 0 Å². The van der Waals surface area contributed by atoms with Crippen molar-refractivity contribution in [3.05, 3.63) is 62.7 Å². The van der Waals surface area contributed by atoms with E-state index >= 15 is 0 Å². The highest BCUT2D eigenvalue weighted by molar-refractivity contribution is 6.05. The number of anilines is 1. The summed E-state index contributed by atoms with van der Waals surface area (Å²) in [5.41, 5.74) is -0.349. The van der Waals surface area contributed by atoms with Gasteiger partial charge in [0.2, 0.25) is 0 Å². The lowest BCUT2D eigenvalue weighted by Crippen LogP contribution is -2.41. The molecule has 1 atom stereocenters. The van der Waals surface area contributed by atoms with Gasteiger partial charge in [-0.05, 0) is 25.1 Å². The zero-order valence-electron chi connectivity index (χ0n) is 14.2. The number of hydrogen-bond donors (Lipinski definition) is 4. The Kier molecular flexibility index (Phi) is 4.61. The minimum atomic E-state index is -0.607. The summed E-state index contributed by atoms with van der Waals surface area (Å²) in [5.74, 6) is -0.581. The molecule has 9 heteroatoms. The molecular weight excluding hydrogens is 341 g/mol. The molecule has 26 heavy (non-hydrogen) atoms. The van der Waals surface area contributed by atoms with Crippen molar-refractivity contribution in [2.75, 3.05) is 18.5 Å². The van der Waals surface area contributed by atoms with Crippen LogP contribution in [0.3, 0.4) is 0 Å². The normalized spacial score (nSPS) is 12.1. The van der Waals surface area contributed by atoms with Crippen LogP contribution < -0.4 is 21.5 Å². The van der Waals surface area contributed by atoms with Crippen molar-refractivity contribution in [2.24, 2.45) is 0 Å². The first-order valence-corrected chi connectivity index (χ1v) is 7.96. The monoisotopic (exact) mass is 359 g/mol. The van der Waals surface area contributed by atoms with Gasteiger partial charge in [-0.25, -0.2) is 9.18 Å². The summed E-state index contributed by atoms with van der Waals surface area (Å²) in [6.07, 6.45) is 1.64. The Hall–Kier alpha value is -3.36. The maximum atomic E-state index is 13.7. The molecule has 0 saturated heterocycles. The van der Waals surface area contributed by atoms with Gasteiger partial charge in [-0.1, -0.05) is 0 Å². The number of H-pyrrole nitrogens is 3. The molecule has 0 aliphatic carbocycles. The predicted molar refractivity (Wildman–Crippen MR) is 96.1 cm³/mol. The van der Waals surface area contributed by atoms with E-state index in [-0.39, 0.29) is 11.6 Å². The summed E-state index contributed by atoms with van der Waals surface area (Å²) in [4.78, 5) is 44.4. The number of nitrogens with one attached hydrogen (secondary N) is 4. The van der Waals surface area contributed by atoms with Gasteiger partial charge in [0.15, 0.2) is 0 Å². The zero-order valence-corrected chi connectivity index (χ0v) is 14.2. The van der Waals surface area contributed by atoms with Gasteiger partial charge in [-0.3, -0.25) is 19.6 Å². The molecule has 0 spiro atoms. The molecule has 3 rings (SSSR count). The van der Waals surface area contributed by atoms with Crippen molar-refractivity contribution in [3.63, 3.8) is 0 Å². The maximum Gasteiger partial charge on any atom is 0.327 e. The Morgan fingerprint density at radius 2 is 2.04 bits per heavy atom. The number of halogens is 1. The fraction of sp³-hybridized carbons (Fsp3) is 0.235. The van der Waals surface area contributed by atoms with Crippen LogP contribution in [0.15, 0.2) is 40.1 Å². The van der Waals surface area contributed by atoms with E-state index in [0.717, 1.165) is 0 Å². The van der Waals surface area contributed by atoms with Gasteiger partial charge in [0.05, 0.1) is 11.1 Å². The van der Waals surface area contributed by atoms with Crippen molar-refractivity contribution in [3.8, 4) is 0 Å². The van der Waals surface area contributed by atoms with Gasteiger partial charge in [0.25, 0.3) is 11.5 Å². The largest absolute Gasteiger partial charge is 0.361 e. The fourth-order valence-corrected chi connectivity index (χ4v) is 2.83. The Bertz CT molecular complexity index is 1040. The van der Waals surface area contributed by atoms with Crippen molar-refractivity contribution >= 4 is 22.6 Å². The van der Waals surface area contributed by atoms with Crippen LogP contribution in [0.2, 0.25) is 0 Å². The first-order chi connectivity index (χ1) is 12.3. The topological polar surface area (TPSA) is 114 Å². The number of aromatic nitrogens is 3. The van der Waals surface area contributed by atoms with Gasteiger partial charge < -0.3 is 15.2 Å². The lowest BCUT2D eigenvalue weighted by atomic mass is 10.1. The Morgan fingerprint density at radius 1 is 1.27 bits per heavy atom. The third kappa shape index (κ3) is 3.66. The molecule has 3 aromatic rings. The second-order valence-electron chi connectivity index (χ2n) is 6.12. The number of likely N-dealkylation sites (N-methyl/N-ethyl adjacent to an activating group) is 1. The standard InChI is InChI=1S/C17H18FN5O3/c1-9(8-23(2)13-7-14(24)22-17(26)21-13)20-16(25)12-6-11(18)5-10-3-4-19-15(10)12/h3-7,9,19H,8H2,1-2H3,(H,20,25)(H2,21,22,24,26). The molecule has 0 aliphatic heterocycles. The quantitative estimate of drug-likeness (QED) is 0.543.